The molecule has 200 valence electrons. The minimum Gasteiger partial charge on any atom is -0.309 e. The van der Waals surface area contributed by atoms with Crippen molar-refractivity contribution in [3.05, 3.63) is 151 Å². The predicted octanol–water partition coefficient (Wildman–Crippen LogP) is 8.41. The average molecular weight is 559 g/mol. The summed E-state index contributed by atoms with van der Waals surface area (Å²) in [6.07, 6.45) is 0. The van der Waals surface area contributed by atoms with Crippen molar-refractivity contribution in [3.63, 3.8) is 0 Å². The Morgan fingerprint density at radius 1 is 0.548 bits per heavy atom. The molecule has 0 saturated carbocycles. The van der Waals surface area contributed by atoms with E-state index in [4.69, 9.17) is 4.98 Å². The predicted molar refractivity (Wildman–Crippen MR) is 177 cm³/mol. The lowest BCUT2D eigenvalue weighted by Gasteiger charge is -2.22. The Bertz CT molecular complexity index is 2340. The Balaban J connectivity index is 1.31. The first-order chi connectivity index (χ1) is 20.6. The average Bonchev–Trinajstić information content (AvgIpc) is 3.45. The third kappa shape index (κ3) is 3.67. The molecule has 8 rings (SSSR count). The number of aryl methyl sites for hydroxylation is 1. The van der Waals surface area contributed by atoms with Gasteiger partial charge in [0.15, 0.2) is 7.14 Å². The van der Waals surface area contributed by atoms with Gasteiger partial charge in [0.2, 0.25) is 0 Å². The van der Waals surface area contributed by atoms with Gasteiger partial charge in [0.25, 0.3) is 0 Å². The summed E-state index contributed by atoms with van der Waals surface area (Å²) in [4.78, 5) is 5.08. The minimum atomic E-state index is -3.05. The Kier molecular flexibility index (Phi) is 5.63. The van der Waals surface area contributed by atoms with Gasteiger partial charge in [-0.1, -0.05) is 121 Å². The number of rotatable bonds is 4. The van der Waals surface area contributed by atoms with Crippen LogP contribution in [0.1, 0.15) is 5.56 Å². The molecule has 0 saturated heterocycles. The maximum atomic E-state index is 15.0. The van der Waals surface area contributed by atoms with E-state index >= 15 is 4.57 Å². The van der Waals surface area contributed by atoms with E-state index in [2.05, 4.69) is 77.2 Å². The van der Waals surface area contributed by atoms with Crippen LogP contribution in [0.15, 0.2) is 146 Å². The van der Waals surface area contributed by atoms with Gasteiger partial charge >= 0.3 is 0 Å². The highest BCUT2D eigenvalue weighted by molar-refractivity contribution is 7.85. The van der Waals surface area contributed by atoms with Gasteiger partial charge in [-0.15, -0.1) is 0 Å². The van der Waals surface area contributed by atoms with Crippen molar-refractivity contribution in [2.45, 2.75) is 6.92 Å². The highest BCUT2D eigenvalue weighted by Gasteiger charge is 2.31. The molecule has 6 aromatic carbocycles. The number of benzene rings is 6. The minimum absolute atomic E-state index is 0.834. The second-order valence-corrected chi connectivity index (χ2v) is 13.5. The summed E-state index contributed by atoms with van der Waals surface area (Å²) < 4.78 is 17.3. The first kappa shape index (κ1) is 24.8. The summed E-state index contributed by atoms with van der Waals surface area (Å²) >= 11 is 0. The molecule has 1 atom stereocenters. The van der Waals surface area contributed by atoms with Gasteiger partial charge in [0, 0.05) is 26.7 Å². The van der Waals surface area contributed by atoms with E-state index in [9.17, 15) is 0 Å². The molecule has 4 heteroatoms. The van der Waals surface area contributed by atoms with Crippen molar-refractivity contribution >= 4 is 61.4 Å². The van der Waals surface area contributed by atoms with E-state index in [1.165, 1.54) is 10.8 Å². The molecule has 3 nitrogen and oxygen atoms in total. The quantitative estimate of drug-likeness (QED) is 0.161. The molecule has 42 heavy (non-hydrogen) atoms. The number of para-hydroxylation sites is 3. The van der Waals surface area contributed by atoms with Crippen LogP contribution in [0.3, 0.4) is 0 Å². The van der Waals surface area contributed by atoms with Crippen LogP contribution in [0.25, 0.3) is 49.5 Å². The van der Waals surface area contributed by atoms with Gasteiger partial charge in [-0.25, -0.2) is 4.98 Å². The normalized spacial score (nSPS) is 13.2. The molecular formula is C38H27N2OP. The van der Waals surface area contributed by atoms with E-state index in [1.54, 1.807) is 0 Å². The largest absolute Gasteiger partial charge is 0.309 e. The molecule has 0 bridgehead atoms. The first-order valence-electron chi connectivity index (χ1n) is 14.2. The number of hydrogen-bond acceptors (Lipinski definition) is 2. The summed E-state index contributed by atoms with van der Waals surface area (Å²) in [7, 11) is -3.05. The van der Waals surface area contributed by atoms with Crippen molar-refractivity contribution in [1.29, 1.82) is 0 Å². The van der Waals surface area contributed by atoms with Crippen LogP contribution in [0.2, 0.25) is 0 Å². The molecule has 2 aromatic heterocycles. The maximum absolute atomic E-state index is 15.0. The molecule has 0 spiro atoms. The molecule has 1 unspecified atom stereocenters. The fourth-order valence-corrected chi connectivity index (χ4v) is 9.22. The van der Waals surface area contributed by atoms with E-state index in [0.717, 1.165) is 60.2 Å². The van der Waals surface area contributed by atoms with Gasteiger partial charge in [-0.3, -0.25) is 4.40 Å². The second kappa shape index (κ2) is 9.55. The van der Waals surface area contributed by atoms with Crippen molar-refractivity contribution < 1.29 is 4.57 Å². The summed E-state index contributed by atoms with van der Waals surface area (Å²) in [6.45, 7) is 2.04. The zero-order chi connectivity index (χ0) is 28.3. The second-order valence-electron chi connectivity index (χ2n) is 10.8. The van der Waals surface area contributed by atoms with E-state index < -0.39 is 7.14 Å². The summed E-state index contributed by atoms with van der Waals surface area (Å²) in [5, 5.41) is 6.06. The van der Waals surface area contributed by atoms with E-state index in [0.29, 0.717) is 0 Å². The maximum Gasteiger partial charge on any atom is 0.171 e. The van der Waals surface area contributed by atoms with E-state index in [-0.39, 0.29) is 0 Å². The van der Waals surface area contributed by atoms with Crippen molar-refractivity contribution in [3.8, 4) is 11.1 Å². The number of aromatic nitrogens is 2. The summed E-state index contributed by atoms with van der Waals surface area (Å²) in [5.41, 5.74) is 7.41. The summed E-state index contributed by atoms with van der Waals surface area (Å²) in [6, 6.07) is 49.7. The Morgan fingerprint density at radius 2 is 1.19 bits per heavy atom. The molecule has 0 aliphatic heterocycles. The lowest BCUT2D eigenvalue weighted by molar-refractivity contribution is 0.592. The number of pyridine rings is 1. The molecule has 0 radical (unpaired) electrons. The standard InChI is InChI=1S/C38H27N2OP/c1-26-11-5-10-18-37(26)42(41,29-12-3-2-4-13-29)30-22-19-27(20-23-30)28-21-24-31-32-14-6-8-16-35(32)40-36-17-9-7-15-34(36)39-38(40)33(31)25-28/h2-25H,1H3. The summed E-state index contributed by atoms with van der Waals surface area (Å²) in [5.74, 6) is 0. The lowest BCUT2D eigenvalue weighted by atomic mass is 9.99. The van der Waals surface area contributed by atoms with Gasteiger partial charge in [0.1, 0.15) is 5.65 Å². The molecule has 2 heterocycles. The highest BCUT2D eigenvalue weighted by Crippen LogP contribution is 2.44. The SMILES string of the molecule is Cc1ccccc1P(=O)(c1ccccc1)c1ccc(-c2ccc3c4ccccc4n4c5ccccc5nc4c3c2)cc1. The van der Waals surface area contributed by atoms with Crippen LogP contribution in [-0.2, 0) is 4.57 Å². The molecule has 0 aliphatic rings. The van der Waals surface area contributed by atoms with Crippen molar-refractivity contribution in [2.75, 3.05) is 0 Å². The highest BCUT2D eigenvalue weighted by atomic mass is 31.2. The van der Waals surface area contributed by atoms with Crippen LogP contribution in [0.4, 0.5) is 0 Å². The zero-order valence-electron chi connectivity index (χ0n) is 23.1. The Morgan fingerprint density at radius 3 is 2.00 bits per heavy atom. The van der Waals surface area contributed by atoms with Crippen molar-refractivity contribution in [2.24, 2.45) is 0 Å². The zero-order valence-corrected chi connectivity index (χ0v) is 24.0. The van der Waals surface area contributed by atoms with E-state index in [1.807, 2.05) is 79.7 Å². The number of nitrogens with zero attached hydrogens (tertiary/aromatic N) is 2. The third-order valence-electron chi connectivity index (χ3n) is 8.40. The molecule has 0 amide bonds. The van der Waals surface area contributed by atoms with Crippen LogP contribution in [-0.4, -0.2) is 9.38 Å². The number of hydrogen-bond donors (Lipinski definition) is 0. The van der Waals surface area contributed by atoms with Crippen LogP contribution in [0.5, 0.6) is 0 Å². The van der Waals surface area contributed by atoms with Crippen LogP contribution in [0, 0.1) is 6.92 Å². The number of fused-ring (bicyclic) bond motifs is 8. The topological polar surface area (TPSA) is 34.4 Å². The fraction of sp³-hybridized carbons (Fsp3) is 0.0263. The third-order valence-corrected chi connectivity index (χ3v) is 11.6. The van der Waals surface area contributed by atoms with Crippen LogP contribution >= 0.6 is 7.14 Å². The molecule has 0 N–H and O–H groups in total. The molecule has 8 aromatic rings. The molecule has 0 aliphatic carbocycles. The Hall–Kier alpha value is -4.98. The van der Waals surface area contributed by atoms with Crippen molar-refractivity contribution in [1.82, 2.24) is 9.38 Å². The lowest BCUT2D eigenvalue weighted by Crippen LogP contribution is -2.26. The monoisotopic (exact) mass is 558 g/mol. The molecular weight excluding hydrogens is 531 g/mol. The number of imidazole rings is 1. The van der Waals surface area contributed by atoms with Gasteiger partial charge in [-0.2, -0.15) is 0 Å². The van der Waals surface area contributed by atoms with Gasteiger partial charge in [0.05, 0.1) is 16.6 Å². The fourth-order valence-electron chi connectivity index (χ4n) is 6.34. The first-order valence-corrected chi connectivity index (χ1v) is 15.9. The smallest absolute Gasteiger partial charge is 0.171 e. The van der Waals surface area contributed by atoms with Gasteiger partial charge < -0.3 is 4.57 Å². The van der Waals surface area contributed by atoms with Gasteiger partial charge in [-0.05, 0) is 53.3 Å². The van der Waals surface area contributed by atoms with Crippen LogP contribution < -0.4 is 15.9 Å². The Labute approximate surface area is 244 Å². The molecule has 0 fully saturated rings.